The molecule has 0 aliphatic carbocycles. The van der Waals surface area contributed by atoms with Gasteiger partial charge in [-0.25, -0.2) is 8.42 Å². The highest BCUT2D eigenvalue weighted by atomic mass is 32.2. The molecular weight excluding hydrogens is 188 g/mol. The zero-order valence-electron chi connectivity index (χ0n) is 6.75. The molecule has 0 unspecified atom stereocenters. The number of hydrogen-bond acceptors (Lipinski definition) is 3. The van der Waals surface area contributed by atoms with Crippen LogP contribution in [0.1, 0.15) is 0 Å². The van der Waals surface area contributed by atoms with Gasteiger partial charge in [0, 0.05) is 5.41 Å². The Kier molecular flexibility index (Phi) is 2.97. The lowest BCUT2D eigenvalue weighted by Crippen LogP contribution is -1.95. The lowest BCUT2D eigenvalue weighted by molar-refractivity contribution is -0.104. The van der Waals surface area contributed by atoms with Gasteiger partial charge in [0.15, 0.2) is 9.84 Å². The van der Waals surface area contributed by atoms with Crippen molar-refractivity contribution in [2.75, 3.05) is 0 Å². The summed E-state index contributed by atoms with van der Waals surface area (Å²) in [6.45, 7) is 0. The quantitative estimate of drug-likeness (QED) is 0.538. The molecule has 1 aromatic rings. The monoisotopic (exact) mass is 196 g/mol. The van der Waals surface area contributed by atoms with Crippen molar-refractivity contribution in [3.05, 3.63) is 41.8 Å². The van der Waals surface area contributed by atoms with Crippen molar-refractivity contribution in [1.29, 1.82) is 0 Å². The number of rotatable bonds is 3. The Balaban J connectivity index is 3.09. The van der Waals surface area contributed by atoms with Crippen molar-refractivity contribution in [3.8, 4) is 0 Å². The van der Waals surface area contributed by atoms with E-state index in [1.54, 1.807) is 18.2 Å². The topological polar surface area (TPSA) is 51.2 Å². The summed E-state index contributed by atoms with van der Waals surface area (Å²) in [6.07, 6.45) is 1.39. The molecule has 13 heavy (non-hydrogen) atoms. The summed E-state index contributed by atoms with van der Waals surface area (Å²) in [6, 6.07) is 7.93. The first-order valence-corrected chi connectivity index (χ1v) is 5.13. The minimum absolute atomic E-state index is 0.188. The van der Waals surface area contributed by atoms with Crippen molar-refractivity contribution in [2.45, 2.75) is 4.90 Å². The Morgan fingerprint density at radius 1 is 1.08 bits per heavy atom. The van der Waals surface area contributed by atoms with E-state index in [1.165, 1.54) is 12.1 Å². The Morgan fingerprint density at radius 2 is 1.69 bits per heavy atom. The predicted octanol–water partition coefficient (Wildman–Crippen LogP) is 1.17. The molecule has 3 nitrogen and oxygen atoms in total. The van der Waals surface area contributed by atoms with Crippen LogP contribution in [0.25, 0.3) is 0 Å². The van der Waals surface area contributed by atoms with Gasteiger partial charge in [0.1, 0.15) is 6.29 Å². The van der Waals surface area contributed by atoms with Crippen LogP contribution in [-0.2, 0) is 14.6 Å². The highest BCUT2D eigenvalue weighted by Gasteiger charge is 2.07. The van der Waals surface area contributed by atoms with E-state index in [4.69, 9.17) is 0 Å². The fourth-order valence-corrected chi connectivity index (χ4v) is 1.79. The fourth-order valence-electron chi connectivity index (χ4n) is 0.824. The number of sulfone groups is 1. The minimum Gasteiger partial charge on any atom is -0.299 e. The third-order valence-electron chi connectivity index (χ3n) is 1.41. The Labute approximate surface area is 76.6 Å². The molecule has 0 N–H and O–H groups in total. The van der Waals surface area contributed by atoms with Crippen LogP contribution in [0.4, 0.5) is 0 Å². The van der Waals surface area contributed by atoms with Gasteiger partial charge in [-0.2, -0.15) is 0 Å². The maximum Gasteiger partial charge on any atom is 0.199 e. The second kappa shape index (κ2) is 4.00. The van der Waals surface area contributed by atoms with Crippen LogP contribution in [0.5, 0.6) is 0 Å². The molecule has 1 aromatic carbocycles. The van der Waals surface area contributed by atoms with Crippen LogP contribution in [0.15, 0.2) is 46.7 Å². The van der Waals surface area contributed by atoms with Gasteiger partial charge >= 0.3 is 0 Å². The first-order chi connectivity index (χ1) is 6.17. The third-order valence-corrected chi connectivity index (χ3v) is 2.85. The summed E-state index contributed by atoms with van der Waals surface area (Å²) in [4.78, 5) is 10.1. The van der Waals surface area contributed by atoms with Crippen LogP contribution >= 0.6 is 0 Å². The highest BCUT2D eigenvalue weighted by molar-refractivity contribution is 7.94. The van der Waals surface area contributed by atoms with Crippen molar-refractivity contribution >= 4 is 16.1 Å². The molecule has 0 spiro atoms. The van der Waals surface area contributed by atoms with E-state index >= 15 is 0 Å². The van der Waals surface area contributed by atoms with Gasteiger partial charge in [0.05, 0.1) is 4.90 Å². The van der Waals surface area contributed by atoms with Crippen molar-refractivity contribution in [1.82, 2.24) is 0 Å². The second-order valence-electron chi connectivity index (χ2n) is 2.32. The largest absolute Gasteiger partial charge is 0.299 e. The smallest absolute Gasteiger partial charge is 0.199 e. The van der Waals surface area contributed by atoms with Gasteiger partial charge in [-0.05, 0) is 18.2 Å². The first-order valence-electron chi connectivity index (χ1n) is 3.59. The van der Waals surface area contributed by atoms with Gasteiger partial charge in [0.25, 0.3) is 0 Å². The summed E-state index contributed by atoms with van der Waals surface area (Å²) >= 11 is 0. The van der Waals surface area contributed by atoms with E-state index in [2.05, 4.69) is 0 Å². The van der Waals surface area contributed by atoms with Gasteiger partial charge in [-0.3, -0.25) is 4.79 Å². The standard InChI is InChI=1S/C9H8O3S/c10-7-4-8-13(11,12)9-5-2-1-3-6-9/h1-8H/b8-4-. The van der Waals surface area contributed by atoms with E-state index in [1.807, 2.05) is 0 Å². The van der Waals surface area contributed by atoms with Crippen molar-refractivity contribution in [2.24, 2.45) is 0 Å². The molecule has 0 amide bonds. The van der Waals surface area contributed by atoms with Crippen LogP contribution in [0, 0.1) is 0 Å². The average Bonchev–Trinajstić information content (AvgIpc) is 2.16. The lowest BCUT2D eigenvalue weighted by atomic mass is 10.4. The number of allylic oxidation sites excluding steroid dienone is 1. The van der Waals surface area contributed by atoms with Crippen LogP contribution < -0.4 is 0 Å². The molecule has 0 bridgehead atoms. The molecule has 0 aliphatic rings. The molecule has 0 heterocycles. The summed E-state index contributed by atoms with van der Waals surface area (Å²) < 4.78 is 22.7. The molecule has 0 radical (unpaired) electrons. The Bertz CT molecular complexity index is 404. The molecule has 1 rings (SSSR count). The van der Waals surface area contributed by atoms with Crippen molar-refractivity contribution < 1.29 is 13.2 Å². The highest BCUT2D eigenvalue weighted by Crippen LogP contribution is 2.10. The summed E-state index contributed by atoms with van der Waals surface area (Å²) in [7, 11) is -3.43. The fraction of sp³-hybridized carbons (Fsp3) is 0. The normalized spacial score (nSPS) is 11.7. The molecule has 0 saturated carbocycles. The third kappa shape index (κ3) is 2.52. The van der Waals surface area contributed by atoms with Gasteiger partial charge < -0.3 is 0 Å². The van der Waals surface area contributed by atoms with E-state index < -0.39 is 9.84 Å². The Morgan fingerprint density at radius 3 is 2.23 bits per heavy atom. The predicted molar refractivity (Wildman–Crippen MR) is 48.8 cm³/mol. The first kappa shape index (κ1) is 9.67. The Hall–Kier alpha value is -1.42. The molecule has 0 aromatic heterocycles. The van der Waals surface area contributed by atoms with Crippen LogP contribution in [0.3, 0.4) is 0 Å². The molecule has 0 saturated heterocycles. The SMILES string of the molecule is O=C/C=C\S(=O)(=O)c1ccccc1. The van der Waals surface area contributed by atoms with Gasteiger partial charge in [-0.15, -0.1) is 0 Å². The number of benzene rings is 1. The summed E-state index contributed by atoms with van der Waals surface area (Å²) in [5.41, 5.74) is 0. The van der Waals surface area contributed by atoms with E-state index in [0.717, 1.165) is 11.5 Å². The maximum absolute atomic E-state index is 11.3. The average molecular weight is 196 g/mol. The van der Waals surface area contributed by atoms with Crippen LogP contribution in [0.2, 0.25) is 0 Å². The number of carbonyl (C=O) groups is 1. The molecule has 0 aliphatic heterocycles. The second-order valence-corrected chi connectivity index (χ2v) is 4.16. The number of hydrogen-bond donors (Lipinski definition) is 0. The van der Waals surface area contributed by atoms with Gasteiger partial charge in [-0.1, -0.05) is 18.2 Å². The summed E-state index contributed by atoms with van der Waals surface area (Å²) in [5.74, 6) is 0. The van der Waals surface area contributed by atoms with E-state index in [9.17, 15) is 13.2 Å². The summed E-state index contributed by atoms with van der Waals surface area (Å²) in [5, 5.41) is 0.884. The number of carbonyl (C=O) groups excluding carboxylic acids is 1. The zero-order chi connectivity index (χ0) is 9.73. The molecule has 4 heteroatoms. The number of aldehydes is 1. The maximum atomic E-state index is 11.3. The van der Waals surface area contributed by atoms with Crippen LogP contribution in [-0.4, -0.2) is 14.7 Å². The molecule has 0 atom stereocenters. The lowest BCUT2D eigenvalue weighted by Gasteiger charge is -1.95. The minimum atomic E-state index is -3.43. The molecular formula is C9H8O3S. The van der Waals surface area contributed by atoms with Crippen molar-refractivity contribution in [3.63, 3.8) is 0 Å². The van der Waals surface area contributed by atoms with E-state index in [-0.39, 0.29) is 4.90 Å². The molecule has 0 fully saturated rings. The molecule has 68 valence electrons. The van der Waals surface area contributed by atoms with E-state index in [0.29, 0.717) is 6.29 Å². The zero-order valence-corrected chi connectivity index (χ0v) is 7.57. The van der Waals surface area contributed by atoms with Gasteiger partial charge in [0.2, 0.25) is 0 Å².